The molecule has 26 heavy (non-hydrogen) atoms. The molecule has 0 spiro atoms. The van der Waals surface area contributed by atoms with Crippen LogP contribution in [0.15, 0.2) is 24.3 Å². The van der Waals surface area contributed by atoms with Crippen LogP contribution >= 0.6 is 0 Å². The van der Waals surface area contributed by atoms with Crippen LogP contribution in [0.3, 0.4) is 0 Å². The van der Waals surface area contributed by atoms with Crippen molar-refractivity contribution in [2.75, 3.05) is 32.7 Å². The van der Waals surface area contributed by atoms with E-state index in [9.17, 15) is 9.59 Å². The highest BCUT2D eigenvalue weighted by Crippen LogP contribution is 2.14. The first-order chi connectivity index (χ1) is 12.5. The van der Waals surface area contributed by atoms with Gasteiger partial charge in [0.2, 0.25) is 5.91 Å². The molecule has 2 aliphatic heterocycles. The van der Waals surface area contributed by atoms with Crippen molar-refractivity contribution < 1.29 is 14.3 Å². The summed E-state index contributed by atoms with van der Waals surface area (Å²) in [5, 5.41) is 2.96. The minimum absolute atomic E-state index is 0.0171. The summed E-state index contributed by atoms with van der Waals surface area (Å²) in [6, 6.07) is 7.55. The second-order valence-electron chi connectivity index (χ2n) is 7.42. The molecule has 2 saturated heterocycles. The van der Waals surface area contributed by atoms with E-state index in [-0.39, 0.29) is 24.0 Å². The molecule has 0 unspecified atom stereocenters. The first-order valence-corrected chi connectivity index (χ1v) is 9.54. The Kier molecular flexibility index (Phi) is 6.27. The van der Waals surface area contributed by atoms with E-state index in [0.717, 1.165) is 50.1 Å². The molecular weight excluding hydrogens is 330 g/mol. The van der Waals surface area contributed by atoms with Crippen molar-refractivity contribution >= 4 is 11.8 Å². The summed E-state index contributed by atoms with van der Waals surface area (Å²) in [7, 11) is 0. The highest BCUT2D eigenvalue weighted by Gasteiger charge is 2.23. The number of carbonyl (C=O) groups is 2. The van der Waals surface area contributed by atoms with E-state index in [1.807, 2.05) is 43.0 Å². The molecule has 3 rings (SSSR count). The van der Waals surface area contributed by atoms with Gasteiger partial charge in [-0.15, -0.1) is 0 Å². The second kappa shape index (κ2) is 8.64. The van der Waals surface area contributed by atoms with Gasteiger partial charge in [0, 0.05) is 38.3 Å². The number of carbonyl (C=O) groups excluding carboxylic acids is 2. The first-order valence-electron chi connectivity index (χ1n) is 9.54. The quantitative estimate of drug-likeness (QED) is 0.868. The van der Waals surface area contributed by atoms with Gasteiger partial charge < -0.3 is 15.0 Å². The fourth-order valence-electron chi connectivity index (χ4n) is 3.74. The van der Waals surface area contributed by atoms with Crippen molar-refractivity contribution in [3.05, 3.63) is 35.4 Å². The molecule has 2 amide bonds. The number of amides is 2. The van der Waals surface area contributed by atoms with E-state index < -0.39 is 0 Å². The lowest BCUT2D eigenvalue weighted by Crippen LogP contribution is -2.49. The predicted molar refractivity (Wildman–Crippen MR) is 99.9 cm³/mol. The van der Waals surface area contributed by atoms with E-state index in [2.05, 4.69) is 10.2 Å². The normalized spacial score (nSPS) is 23.8. The zero-order valence-corrected chi connectivity index (χ0v) is 15.7. The number of nitrogens with one attached hydrogen (secondary N) is 1. The van der Waals surface area contributed by atoms with Crippen LogP contribution in [-0.2, 0) is 16.1 Å². The number of nitrogens with zero attached hydrogens (tertiary/aromatic N) is 2. The Labute approximate surface area is 155 Å². The highest BCUT2D eigenvalue weighted by atomic mass is 16.5. The van der Waals surface area contributed by atoms with Gasteiger partial charge in [0.25, 0.3) is 5.91 Å². The lowest BCUT2D eigenvalue weighted by atomic mass is 10.1. The van der Waals surface area contributed by atoms with Crippen molar-refractivity contribution in [2.24, 2.45) is 0 Å². The molecule has 0 saturated carbocycles. The lowest BCUT2D eigenvalue weighted by Gasteiger charge is -2.34. The molecular formula is C20H29N3O3. The van der Waals surface area contributed by atoms with Crippen molar-refractivity contribution in [3.63, 3.8) is 0 Å². The summed E-state index contributed by atoms with van der Waals surface area (Å²) in [6.07, 6.45) is 2.51. The number of hydrogen-bond donors (Lipinski definition) is 1. The highest BCUT2D eigenvalue weighted by molar-refractivity contribution is 5.94. The minimum Gasteiger partial charge on any atom is -0.373 e. The summed E-state index contributed by atoms with van der Waals surface area (Å²) >= 11 is 0. The maximum atomic E-state index is 12.3. The topological polar surface area (TPSA) is 61.9 Å². The zero-order chi connectivity index (χ0) is 18.5. The zero-order valence-electron chi connectivity index (χ0n) is 15.7. The number of morpholine rings is 1. The lowest BCUT2D eigenvalue weighted by molar-refractivity contribution is -0.126. The average molecular weight is 359 g/mol. The maximum Gasteiger partial charge on any atom is 0.253 e. The third-order valence-electron chi connectivity index (χ3n) is 4.95. The van der Waals surface area contributed by atoms with Crippen molar-refractivity contribution in [1.82, 2.24) is 15.1 Å². The third kappa shape index (κ3) is 5.05. The Balaban J connectivity index is 1.45. The number of hydrogen-bond acceptors (Lipinski definition) is 4. The van der Waals surface area contributed by atoms with Crippen LogP contribution in [0.1, 0.15) is 42.6 Å². The summed E-state index contributed by atoms with van der Waals surface area (Å²) in [5.41, 5.74) is 1.72. The third-order valence-corrected chi connectivity index (χ3v) is 4.95. The number of ether oxygens (including phenoxy) is 1. The van der Waals surface area contributed by atoms with Crippen LogP contribution in [0.25, 0.3) is 0 Å². The molecule has 0 aromatic heterocycles. The predicted octanol–water partition coefficient (Wildman–Crippen LogP) is 1.65. The first kappa shape index (κ1) is 18.9. The molecule has 0 radical (unpaired) electrons. The van der Waals surface area contributed by atoms with Gasteiger partial charge in [-0.05, 0) is 44.4 Å². The van der Waals surface area contributed by atoms with Gasteiger partial charge >= 0.3 is 0 Å². The molecule has 2 fully saturated rings. The molecule has 2 aliphatic rings. The van der Waals surface area contributed by atoms with Gasteiger partial charge in [-0.1, -0.05) is 12.1 Å². The van der Waals surface area contributed by atoms with Gasteiger partial charge in [-0.3, -0.25) is 14.5 Å². The monoisotopic (exact) mass is 359 g/mol. The van der Waals surface area contributed by atoms with Gasteiger partial charge in [0.05, 0.1) is 18.8 Å². The standard InChI is InChI=1S/C20H29N3O3/c1-15-12-22(13-16(2)26-15)14-19(24)21-11-17-5-7-18(8-6-17)20(25)23-9-3-4-10-23/h5-8,15-16H,3-4,9-14H2,1-2H3,(H,21,24)/t15-,16+. The van der Waals surface area contributed by atoms with E-state index >= 15 is 0 Å². The van der Waals surface area contributed by atoms with Gasteiger partial charge in [-0.25, -0.2) is 0 Å². The molecule has 6 nitrogen and oxygen atoms in total. The molecule has 1 N–H and O–H groups in total. The van der Waals surface area contributed by atoms with Crippen LogP contribution in [0.5, 0.6) is 0 Å². The summed E-state index contributed by atoms with van der Waals surface area (Å²) in [6.45, 7) is 8.22. The largest absolute Gasteiger partial charge is 0.373 e. The summed E-state index contributed by atoms with van der Waals surface area (Å²) in [4.78, 5) is 28.6. The Morgan fingerprint density at radius 1 is 1.08 bits per heavy atom. The Morgan fingerprint density at radius 2 is 1.69 bits per heavy atom. The summed E-state index contributed by atoms with van der Waals surface area (Å²) in [5.74, 6) is 0.122. The van der Waals surface area contributed by atoms with Crippen molar-refractivity contribution in [1.29, 1.82) is 0 Å². The van der Waals surface area contributed by atoms with Crippen LogP contribution < -0.4 is 5.32 Å². The van der Waals surface area contributed by atoms with Crippen LogP contribution in [0, 0.1) is 0 Å². The molecule has 2 atom stereocenters. The average Bonchev–Trinajstić information content (AvgIpc) is 3.13. The van der Waals surface area contributed by atoms with E-state index in [4.69, 9.17) is 4.74 Å². The molecule has 6 heteroatoms. The van der Waals surface area contributed by atoms with E-state index in [1.54, 1.807) is 0 Å². The van der Waals surface area contributed by atoms with Crippen LogP contribution in [-0.4, -0.2) is 66.5 Å². The molecule has 142 valence electrons. The molecule has 2 heterocycles. The Morgan fingerprint density at radius 3 is 2.31 bits per heavy atom. The molecule has 0 bridgehead atoms. The van der Waals surface area contributed by atoms with Gasteiger partial charge in [0.1, 0.15) is 0 Å². The van der Waals surface area contributed by atoms with E-state index in [1.165, 1.54) is 0 Å². The molecule has 1 aromatic rings. The second-order valence-corrected chi connectivity index (χ2v) is 7.42. The van der Waals surface area contributed by atoms with Crippen LogP contribution in [0.2, 0.25) is 0 Å². The fourth-order valence-corrected chi connectivity index (χ4v) is 3.74. The van der Waals surface area contributed by atoms with Gasteiger partial charge in [-0.2, -0.15) is 0 Å². The number of rotatable bonds is 5. The Hall–Kier alpha value is -1.92. The molecule has 0 aliphatic carbocycles. The van der Waals surface area contributed by atoms with Gasteiger partial charge in [0.15, 0.2) is 0 Å². The van der Waals surface area contributed by atoms with Crippen molar-refractivity contribution in [3.8, 4) is 0 Å². The minimum atomic E-state index is 0.0171. The maximum absolute atomic E-state index is 12.3. The number of benzene rings is 1. The fraction of sp³-hybridized carbons (Fsp3) is 0.600. The molecule has 1 aromatic carbocycles. The van der Waals surface area contributed by atoms with Crippen molar-refractivity contribution in [2.45, 2.75) is 45.4 Å². The van der Waals surface area contributed by atoms with E-state index in [0.29, 0.717) is 13.1 Å². The Bertz CT molecular complexity index is 616. The smallest absolute Gasteiger partial charge is 0.253 e. The number of likely N-dealkylation sites (tertiary alicyclic amines) is 1. The SMILES string of the molecule is C[C@@H]1CN(CC(=O)NCc2ccc(C(=O)N3CCCC3)cc2)C[C@H](C)O1. The summed E-state index contributed by atoms with van der Waals surface area (Å²) < 4.78 is 5.69. The van der Waals surface area contributed by atoms with Crippen LogP contribution in [0.4, 0.5) is 0 Å².